The summed E-state index contributed by atoms with van der Waals surface area (Å²) in [6.07, 6.45) is 5.62. The maximum atomic E-state index is 12.1. The molecule has 3 heteroatoms. The molecule has 0 bridgehead atoms. The van der Waals surface area contributed by atoms with E-state index in [1.54, 1.807) is 0 Å². The number of benzene rings is 2. The Labute approximate surface area is 148 Å². The van der Waals surface area contributed by atoms with Crippen LogP contribution in [0.25, 0.3) is 0 Å². The van der Waals surface area contributed by atoms with E-state index in [1.165, 1.54) is 16.7 Å². The van der Waals surface area contributed by atoms with Crippen LogP contribution in [0.2, 0.25) is 0 Å². The van der Waals surface area contributed by atoms with Gasteiger partial charge in [0.05, 0.1) is 18.2 Å². The molecular formula is C22H23NO2. The Hall–Kier alpha value is -2.55. The number of rotatable bonds is 3. The molecule has 1 N–H and O–H groups in total. The van der Waals surface area contributed by atoms with Gasteiger partial charge >= 0.3 is 5.97 Å². The number of aryl methyl sites for hydroxylation is 1. The first-order chi connectivity index (χ1) is 12.2. The smallest absolute Gasteiger partial charge is 0.338 e. The van der Waals surface area contributed by atoms with E-state index in [4.69, 9.17) is 4.74 Å². The van der Waals surface area contributed by atoms with Crippen LogP contribution in [0, 0.1) is 12.8 Å². The Morgan fingerprint density at radius 2 is 2.00 bits per heavy atom. The van der Waals surface area contributed by atoms with Crippen LogP contribution in [-0.2, 0) is 4.74 Å². The number of carbonyl (C=O) groups excluding carboxylic acids is 1. The van der Waals surface area contributed by atoms with Gasteiger partial charge in [-0.05, 0) is 55.5 Å². The summed E-state index contributed by atoms with van der Waals surface area (Å²) in [5, 5.41) is 3.71. The van der Waals surface area contributed by atoms with Gasteiger partial charge in [-0.3, -0.25) is 0 Å². The van der Waals surface area contributed by atoms with E-state index in [9.17, 15) is 4.79 Å². The minimum Gasteiger partial charge on any atom is -0.462 e. The van der Waals surface area contributed by atoms with E-state index in [2.05, 4.69) is 48.7 Å². The van der Waals surface area contributed by atoms with Crippen molar-refractivity contribution in [1.29, 1.82) is 0 Å². The van der Waals surface area contributed by atoms with Gasteiger partial charge in [0.1, 0.15) is 0 Å². The molecule has 3 atom stereocenters. The quantitative estimate of drug-likeness (QED) is 0.634. The predicted molar refractivity (Wildman–Crippen MR) is 99.9 cm³/mol. The molecule has 128 valence electrons. The zero-order valence-corrected chi connectivity index (χ0v) is 14.7. The number of fused-ring (bicyclic) bond motifs is 3. The number of allylic oxidation sites excluding steroid dienone is 2. The third-order valence-electron chi connectivity index (χ3n) is 5.31. The van der Waals surface area contributed by atoms with Gasteiger partial charge in [-0.2, -0.15) is 0 Å². The van der Waals surface area contributed by atoms with Gasteiger partial charge in [0, 0.05) is 11.6 Å². The van der Waals surface area contributed by atoms with Crippen LogP contribution in [-0.4, -0.2) is 12.6 Å². The minimum atomic E-state index is -0.246. The Bertz CT molecular complexity index is 822. The molecule has 2 aromatic carbocycles. The lowest BCUT2D eigenvalue weighted by Crippen LogP contribution is -2.29. The average Bonchev–Trinajstić information content (AvgIpc) is 3.11. The molecule has 0 unspecified atom stereocenters. The topological polar surface area (TPSA) is 38.3 Å². The SMILES string of the molecule is CCOC(=O)c1ccc2c(c1)[C@@H]1C=CC[C@@H]1[C@H](c1ccc(C)cc1)N2. The van der Waals surface area contributed by atoms with E-state index >= 15 is 0 Å². The van der Waals surface area contributed by atoms with Crippen LogP contribution in [0.5, 0.6) is 0 Å². The normalized spacial score (nSPS) is 23.5. The summed E-state index contributed by atoms with van der Waals surface area (Å²) in [6.45, 7) is 4.35. The molecule has 0 amide bonds. The maximum Gasteiger partial charge on any atom is 0.338 e. The summed E-state index contributed by atoms with van der Waals surface area (Å²) >= 11 is 0. The molecule has 0 fully saturated rings. The first-order valence-corrected chi connectivity index (χ1v) is 8.98. The van der Waals surface area contributed by atoms with Crippen molar-refractivity contribution in [2.75, 3.05) is 11.9 Å². The van der Waals surface area contributed by atoms with Crippen molar-refractivity contribution in [1.82, 2.24) is 0 Å². The van der Waals surface area contributed by atoms with Gasteiger partial charge in [-0.15, -0.1) is 0 Å². The van der Waals surface area contributed by atoms with Crippen molar-refractivity contribution in [2.24, 2.45) is 5.92 Å². The molecule has 25 heavy (non-hydrogen) atoms. The first kappa shape index (κ1) is 15.9. The number of anilines is 1. The van der Waals surface area contributed by atoms with E-state index in [1.807, 2.05) is 25.1 Å². The molecule has 0 saturated carbocycles. The molecule has 4 rings (SSSR count). The summed E-state index contributed by atoms with van der Waals surface area (Å²) < 4.78 is 5.15. The van der Waals surface area contributed by atoms with Crippen molar-refractivity contribution in [3.05, 3.63) is 76.9 Å². The molecule has 1 aliphatic carbocycles. The molecule has 0 aromatic heterocycles. The Morgan fingerprint density at radius 3 is 2.76 bits per heavy atom. The monoisotopic (exact) mass is 333 g/mol. The van der Waals surface area contributed by atoms with Crippen LogP contribution in [0.15, 0.2) is 54.6 Å². The van der Waals surface area contributed by atoms with Crippen LogP contribution < -0.4 is 5.32 Å². The van der Waals surface area contributed by atoms with Crippen molar-refractivity contribution in [3.63, 3.8) is 0 Å². The van der Waals surface area contributed by atoms with E-state index in [0.717, 1.165) is 12.1 Å². The molecular weight excluding hydrogens is 310 g/mol. The Kier molecular flexibility index (Phi) is 4.08. The zero-order chi connectivity index (χ0) is 17.4. The highest BCUT2D eigenvalue weighted by atomic mass is 16.5. The van der Waals surface area contributed by atoms with Crippen LogP contribution >= 0.6 is 0 Å². The van der Waals surface area contributed by atoms with Gasteiger partial charge in [-0.25, -0.2) is 4.79 Å². The largest absolute Gasteiger partial charge is 0.462 e. The number of hydrogen-bond acceptors (Lipinski definition) is 3. The van der Waals surface area contributed by atoms with E-state index < -0.39 is 0 Å². The van der Waals surface area contributed by atoms with Crippen molar-refractivity contribution < 1.29 is 9.53 Å². The van der Waals surface area contributed by atoms with Gasteiger partial charge in [0.15, 0.2) is 0 Å². The number of hydrogen-bond donors (Lipinski definition) is 1. The maximum absolute atomic E-state index is 12.1. The fraction of sp³-hybridized carbons (Fsp3) is 0.318. The summed E-state index contributed by atoms with van der Waals surface area (Å²) in [5.41, 5.74) is 5.55. The second-order valence-corrected chi connectivity index (χ2v) is 6.91. The lowest BCUT2D eigenvalue weighted by Gasteiger charge is -2.37. The van der Waals surface area contributed by atoms with E-state index in [-0.39, 0.29) is 5.97 Å². The number of nitrogens with one attached hydrogen (secondary N) is 1. The van der Waals surface area contributed by atoms with Gasteiger partial charge in [0.25, 0.3) is 0 Å². The summed E-state index contributed by atoms with van der Waals surface area (Å²) in [4.78, 5) is 12.1. The van der Waals surface area contributed by atoms with Crippen molar-refractivity contribution >= 4 is 11.7 Å². The lowest BCUT2D eigenvalue weighted by molar-refractivity contribution is 0.0526. The molecule has 3 nitrogen and oxygen atoms in total. The zero-order valence-electron chi connectivity index (χ0n) is 14.7. The predicted octanol–water partition coefficient (Wildman–Crippen LogP) is 5.00. The third-order valence-corrected chi connectivity index (χ3v) is 5.31. The molecule has 2 aromatic rings. The molecule has 0 spiro atoms. The molecule has 1 heterocycles. The minimum absolute atomic E-state index is 0.246. The van der Waals surface area contributed by atoms with Crippen molar-refractivity contribution in [3.8, 4) is 0 Å². The number of ether oxygens (including phenoxy) is 1. The average molecular weight is 333 g/mol. The summed E-state index contributed by atoms with van der Waals surface area (Å²) in [5.74, 6) is 0.578. The third kappa shape index (κ3) is 2.84. The first-order valence-electron chi connectivity index (χ1n) is 8.98. The molecule has 0 radical (unpaired) electrons. The molecule has 1 aliphatic heterocycles. The summed E-state index contributed by atoms with van der Waals surface area (Å²) in [7, 11) is 0. The highest BCUT2D eigenvalue weighted by molar-refractivity contribution is 5.90. The van der Waals surface area contributed by atoms with Crippen LogP contribution in [0.1, 0.15) is 52.4 Å². The Morgan fingerprint density at radius 1 is 1.20 bits per heavy atom. The van der Waals surface area contributed by atoms with E-state index in [0.29, 0.717) is 30.0 Å². The van der Waals surface area contributed by atoms with Gasteiger partial charge in [-0.1, -0.05) is 42.0 Å². The fourth-order valence-electron chi connectivity index (χ4n) is 4.04. The lowest BCUT2D eigenvalue weighted by atomic mass is 9.76. The van der Waals surface area contributed by atoms with Gasteiger partial charge < -0.3 is 10.1 Å². The summed E-state index contributed by atoms with van der Waals surface area (Å²) in [6, 6.07) is 15.0. The van der Waals surface area contributed by atoms with Crippen LogP contribution in [0.4, 0.5) is 5.69 Å². The Balaban J connectivity index is 1.71. The molecule has 2 aliphatic rings. The van der Waals surface area contributed by atoms with Gasteiger partial charge in [0.2, 0.25) is 0 Å². The second-order valence-electron chi connectivity index (χ2n) is 6.91. The van der Waals surface area contributed by atoms with Crippen LogP contribution in [0.3, 0.4) is 0 Å². The molecule has 0 saturated heterocycles. The fourth-order valence-corrected chi connectivity index (χ4v) is 4.04. The highest BCUT2D eigenvalue weighted by Gasteiger charge is 2.38. The standard InChI is InChI=1S/C22H23NO2/c1-3-25-22(24)16-11-12-20-19(13-16)17-5-4-6-18(17)21(23-20)15-9-7-14(2)8-10-15/h4-5,7-13,17-18,21,23H,3,6H2,1-2H3/t17-,18+,21+/m1/s1. The number of carbonyl (C=O) groups is 1. The number of esters is 1. The second kappa shape index (κ2) is 6.40. The highest BCUT2D eigenvalue weighted by Crippen LogP contribution is 2.49. The van der Waals surface area contributed by atoms with Crippen molar-refractivity contribution in [2.45, 2.75) is 32.2 Å².